The monoisotopic (exact) mass is 615 g/mol. The Morgan fingerprint density at radius 2 is 1.38 bits per heavy atom. The standard InChI is InChI=1S/C34H45N7O4/c35-21-9-1-2-10-22-38-34(45)41-33(36)37-23-11-16-29(31(43)39-24-25-17-19-28(42)20-18-25)40-32(44)30(26-12-5-3-6-13-26)27-14-7-4-8-15-27/h3-8,12-15,17-20,29-30,42H,1-2,9-11,16,21-24,35H2,(H,39,43)(H,40,44)(H4,36,37,38,41,45)/t29-/m1/s1. The molecule has 1 atom stereocenters. The second-order valence-electron chi connectivity index (χ2n) is 10.7. The third-order valence-corrected chi connectivity index (χ3v) is 7.16. The van der Waals surface area contributed by atoms with Crippen LogP contribution in [0.4, 0.5) is 4.79 Å². The largest absolute Gasteiger partial charge is 0.508 e. The summed E-state index contributed by atoms with van der Waals surface area (Å²) in [5, 5.41) is 20.7. The maximum atomic E-state index is 13.8. The second-order valence-corrected chi connectivity index (χ2v) is 10.7. The first kappa shape index (κ1) is 34.6. The number of urea groups is 1. The van der Waals surface area contributed by atoms with E-state index in [1.54, 1.807) is 24.3 Å². The molecule has 0 aliphatic carbocycles. The van der Waals surface area contributed by atoms with Gasteiger partial charge in [0.05, 0.1) is 5.92 Å². The molecule has 0 unspecified atom stereocenters. The van der Waals surface area contributed by atoms with E-state index in [2.05, 4.69) is 26.3 Å². The number of nitrogens with two attached hydrogens (primary N) is 2. The number of aromatic hydroxyl groups is 1. The van der Waals surface area contributed by atoms with Gasteiger partial charge in [0.2, 0.25) is 11.8 Å². The van der Waals surface area contributed by atoms with E-state index >= 15 is 0 Å². The molecule has 4 amide bonds. The van der Waals surface area contributed by atoms with Crippen molar-refractivity contribution >= 4 is 23.8 Å². The predicted octanol–water partition coefficient (Wildman–Crippen LogP) is 3.24. The lowest BCUT2D eigenvalue weighted by atomic mass is 9.90. The number of phenolic OH excluding ortho intramolecular Hbond substituents is 1. The molecule has 11 heteroatoms. The number of rotatable bonds is 17. The lowest BCUT2D eigenvalue weighted by Gasteiger charge is -2.23. The van der Waals surface area contributed by atoms with Crippen LogP contribution in [0.2, 0.25) is 0 Å². The maximum Gasteiger partial charge on any atom is 0.321 e. The SMILES string of the molecule is NCCCCCCNC(=O)NC(N)=NCCC[C@@H](NC(=O)C(c1ccccc1)c1ccccc1)C(=O)NCc1ccc(O)cc1. The third-order valence-electron chi connectivity index (χ3n) is 7.16. The van der Waals surface area contributed by atoms with Crippen molar-refractivity contribution in [3.05, 3.63) is 102 Å². The number of amides is 4. The maximum absolute atomic E-state index is 13.8. The van der Waals surface area contributed by atoms with Gasteiger partial charge in [0.15, 0.2) is 5.96 Å². The van der Waals surface area contributed by atoms with E-state index < -0.39 is 18.0 Å². The molecule has 0 aliphatic heterocycles. The number of aliphatic imine (C=N–C) groups is 1. The Hall–Kier alpha value is -4.90. The first-order valence-electron chi connectivity index (χ1n) is 15.4. The third kappa shape index (κ3) is 12.7. The van der Waals surface area contributed by atoms with Crippen LogP contribution in [0.1, 0.15) is 61.1 Å². The molecule has 0 aliphatic rings. The number of carbonyl (C=O) groups excluding carboxylic acids is 3. The summed E-state index contributed by atoms with van der Waals surface area (Å²) in [7, 11) is 0. The molecular weight excluding hydrogens is 570 g/mol. The Morgan fingerprint density at radius 3 is 2.00 bits per heavy atom. The Bertz CT molecular complexity index is 1310. The van der Waals surface area contributed by atoms with Crippen LogP contribution in [-0.2, 0) is 16.1 Å². The highest BCUT2D eigenvalue weighted by Gasteiger charge is 2.27. The molecular formula is C34H45N7O4. The topological polar surface area (TPSA) is 184 Å². The van der Waals surface area contributed by atoms with Crippen LogP contribution in [0.25, 0.3) is 0 Å². The van der Waals surface area contributed by atoms with E-state index in [0.717, 1.165) is 42.4 Å². The zero-order valence-electron chi connectivity index (χ0n) is 25.6. The van der Waals surface area contributed by atoms with Gasteiger partial charge in [0.1, 0.15) is 11.8 Å². The minimum atomic E-state index is -0.850. The summed E-state index contributed by atoms with van der Waals surface area (Å²) in [5.74, 6) is -1.16. The fraction of sp³-hybridized carbons (Fsp3) is 0.353. The summed E-state index contributed by atoms with van der Waals surface area (Å²) in [4.78, 5) is 43.4. The van der Waals surface area contributed by atoms with Gasteiger partial charge >= 0.3 is 6.03 Å². The molecule has 0 saturated heterocycles. The van der Waals surface area contributed by atoms with Crippen molar-refractivity contribution in [1.29, 1.82) is 0 Å². The van der Waals surface area contributed by atoms with E-state index in [1.807, 2.05) is 60.7 Å². The van der Waals surface area contributed by atoms with Gasteiger partial charge in [0.25, 0.3) is 0 Å². The van der Waals surface area contributed by atoms with Gasteiger partial charge in [0, 0.05) is 19.6 Å². The first-order chi connectivity index (χ1) is 21.9. The van der Waals surface area contributed by atoms with Gasteiger partial charge in [-0.2, -0.15) is 0 Å². The average molecular weight is 616 g/mol. The summed E-state index contributed by atoms with van der Waals surface area (Å²) in [6.07, 6.45) is 4.54. The molecule has 3 aromatic rings. The van der Waals surface area contributed by atoms with Crippen LogP contribution in [0.15, 0.2) is 89.9 Å². The number of phenols is 1. The molecule has 3 aromatic carbocycles. The highest BCUT2D eigenvalue weighted by atomic mass is 16.3. The molecule has 0 radical (unpaired) electrons. The number of hydrogen-bond donors (Lipinski definition) is 7. The number of benzene rings is 3. The molecule has 0 heterocycles. The van der Waals surface area contributed by atoms with Gasteiger partial charge in [-0.1, -0.05) is 85.6 Å². The molecule has 0 aromatic heterocycles. The quantitative estimate of drug-likeness (QED) is 0.0694. The van der Waals surface area contributed by atoms with Crippen molar-refractivity contribution in [2.75, 3.05) is 19.6 Å². The molecule has 9 N–H and O–H groups in total. The number of unbranched alkanes of at least 4 members (excludes halogenated alkanes) is 3. The zero-order valence-corrected chi connectivity index (χ0v) is 25.6. The van der Waals surface area contributed by atoms with Crippen LogP contribution < -0.4 is 32.7 Å². The average Bonchev–Trinajstić information content (AvgIpc) is 3.05. The van der Waals surface area contributed by atoms with Gasteiger partial charge in [-0.25, -0.2) is 4.79 Å². The number of guanidine groups is 1. The molecule has 3 rings (SSSR count). The second kappa shape index (κ2) is 19.4. The van der Waals surface area contributed by atoms with E-state index in [4.69, 9.17) is 11.5 Å². The molecule has 0 bridgehead atoms. The summed E-state index contributed by atoms with van der Waals surface area (Å²) < 4.78 is 0. The molecule has 0 saturated carbocycles. The van der Waals surface area contributed by atoms with Gasteiger partial charge < -0.3 is 32.5 Å². The van der Waals surface area contributed by atoms with E-state index in [0.29, 0.717) is 19.5 Å². The normalized spacial score (nSPS) is 11.9. The van der Waals surface area contributed by atoms with Crippen LogP contribution in [0, 0.1) is 0 Å². The molecule has 11 nitrogen and oxygen atoms in total. The number of hydrogen-bond acceptors (Lipinski definition) is 6. The van der Waals surface area contributed by atoms with Crippen LogP contribution in [-0.4, -0.2) is 54.6 Å². The van der Waals surface area contributed by atoms with Crippen molar-refractivity contribution in [3.63, 3.8) is 0 Å². The van der Waals surface area contributed by atoms with Crippen molar-refractivity contribution in [2.24, 2.45) is 16.5 Å². The highest BCUT2D eigenvalue weighted by Crippen LogP contribution is 2.25. The fourth-order valence-corrected chi connectivity index (χ4v) is 4.76. The van der Waals surface area contributed by atoms with Crippen molar-refractivity contribution in [3.8, 4) is 5.75 Å². The van der Waals surface area contributed by atoms with E-state index in [9.17, 15) is 19.5 Å². The van der Waals surface area contributed by atoms with E-state index in [-0.39, 0.29) is 43.0 Å². The molecule has 45 heavy (non-hydrogen) atoms. The van der Waals surface area contributed by atoms with Gasteiger partial charge in [-0.15, -0.1) is 0 Å². The van der Waals surface area contributed by atoms with Gasteiger partial charge in [-0.3, -0.25) is 19.9 Å². The van der Waals surface area contributed by atoms with E-state index in [1.165, 1.54) is 0 Å². The summed E-state index contributed by atoms with van der Waals surface area (Å²) in [6.45, 7) is 1.66. The highest BCUT2D eigenvalue weighted by molar-refractivity contribution is 5.95. The van der Waals surface area contributed by atoms with Crippen molar-refractivity contribution < 1.29 is 19.5 Å². The number of nitrogens with one attached hydrogen (secondary N) is 4. The molecule has 0 fully saturated rings. The van der Waals surface area contributed by atoms with Crippen molar-refractivity contribution in [1.82, 2.24) is 21.3 Å². The number of carbonyl (C=O) groups is 3. The molecule has 240 valence electrons. The van der Waals surface area contributed by atoms with Crippen molar-refractivity contribution in [2.45, 2.75) is 57.0 Å². The summed E-state index contributed by atoms with van der Waals surface area (Å²) in [5.41, 5.74) is 13.8. The zero-order chi connectivity index (χ0) is 32.3. The molecule has 0 spiro atoms. The minimum Gasteiger partial charge on any atom is -0.508 e. The Balaban J connectivity index is 1.62. The number of nitrogens with zero attached hydrogens (tertiary/aromatic N) is 1. The lowest BCUT2D eigenvalue weighted by Crippen LogP contribution is -2.48. The predicted molar refractivity (Wildman–Crippen MR) is 176 cm³/mol. The van der Waals surface area contributed by atoms with Crippen LogP contribution in [0.5, 0.6) is 5.75 Å². The lowest BCUT2D eigenvalue weighted by molar-refractivity contribution is -0.129. The van der Waals surface area contributed by atoms with Crippen LogP contribution >= 0.6 is 0 Å². The van der Waals surface area contributed by atoms with Crippen LogP contribution in [0.3, 0.4) is 0 Å². The van der Waals surface area contributed by atoms with Gasteiger partial charge in [-0.05, 0) is 61.1 Å². The Morgan fingerprint density at radius 1 is 0.756 bits per heavy atom. The first-order valence-corrected chi connectivity index (χ1v) is 15.4. The minimum absolute atomic E-state index is 0.0266. The Labute approximate surface area is 264 Å². The fourth-order valence-electron chi connectivity index (χ4n) is 4.76. The smallest absolute Gasteiger partial charge is 0.321 e. The summed E-state index contributed by atoms with van der Waals surface area (Å²) in [6, 6.07) is 24.1. The summed E-state index contributed by atoms with van der Waals surface area (Å²) >= 11 is 0. The Kier molecular flexibility index (Phi) is 14.9.